The van der Waals surface area contributed by atoms with Gasteiger partial charge in [-0.1, -0.05) is 18.2 Å². The Labute approximate surface area is 150 Å². The Morgan fingerprint density at radius 2 is 2.08 bits per heavy atom. The Kier molecular flexibility index (Phi) is 4.21. The van der Waals surface area contributed by atoms with Gasteiger partial charge in [-0.25, -0.2) is 4.98 Å². The summed E-state index contributed by atoms with van der Waals surface area (Å²) < 4.78 is 0. The van der Waals surface area contributed by atoms with Crippen molar-refractivity contribution >= 4 is 33.5 Å². The zero-order valence-electron chi connectivity index (χ0n) is 14.0. The van der Waals surface area contributed by atoms with E-state index in [0.29, 0.717) is 5.57 Å². The van der Waals surface area contributed by atoms with Crippen LogP contribution in [0.5, 0.6) is 0 Å². The number of nitriles is 1. The highest BCUT2D eigenvalue weighted by Crippen LogP contribution is 2.33. The van der Waals surface area contributed by atoms with E-state index in [9.17, 15) is 5.26 Å². The van der Waals surface area contributed by atoms with Crippen LogP contribution in [0.2, 0.25) is 0 Å². The first-order valence-electron chi connectivity index (χ1n) is 8.46. The molecule has 1 aliphatic rings. The van der Waals surface area contributed by atoms with Gasteiger partial charge in [-0.3, -0.25) is 4.98 Å². The SMILES string of the molecule is Cc1csc(/C(C#N)=C/Nc2c3c(nc4ccccc24)CCCC3)n1. The second-order valence-electron chi connectivity index (χ2n) is 6.24. The highest BCUT2D eigenvalue weighted by Gasteiger charge is 2.18. The summed E-state index contributed by atoms with van der Waals surface area (Å²) in [6.45, 7) is 1.94. The van der Waals surface area contributed by atoms with Crippen LogP contribution in [-0.2, 0) is 12.8 Å². The fraction of sp³-hybridized carbons (Fsp3) is 0.250. The number of hydrogen-bond acceptors (Lipinski definition) is 5. The monoisotopic (exact) mass is 346 g/mol. The summed E-state index contributed by atoms with van der Waals surface area (Å²) in [4.78, 5) is 9.27. The zero-order valence-corrected chi connectivity index (χ0v) is 14.9. The fourth-order valence-electron chi connectivity index (χ4n) is 3.30. The number of allylic oxidation sites excluding steroid dienone is 1. The summed E-state index contributed by atoms with van der Waals surface area (Å²) in [6, 6.07) is 10.4. The number of rotatable bonds is 3. The number of nitrogens with zero attached hydrogens (tertiary/aromatic N) is 3. The van der Waals surface area contributed by atoms with Crippen molar-refractivity contribution in [2.24, 2.45) is 0 Å². The molecule has 3 aromatic rings. The summed E-state index contributed by atoms with van der Waals surface area (Å²) in [6.07, 6.45) is 6.21. The standard InChI is InChI=1S/C20H18N4S/c1-13-12-25-20(23-13)14(10-21)11-22-19-15-6-2-4-8-17(15)24-18-9-5-3-7-16(18)19/h2,4,6,8,11-12H,3,5,7,9H2,1H3,(H,22,24)/b14-11+. The molecule has 1 aromatic carbocycles. The molecule has 25 heavy (non-hydrogen) atoms. The van der Waals surface area contributed by atoms with Crippen LogP contribution in [0.4, 0.5) is 5.69 Å². The van der Waals surface area contributed by atoms with E-state index < -0.39 is 0 Å². The highest BCUT2D eigenvalue weighted by molar-refractivity contribution is 7.10. The van der Waals surface area contributed by atoms with Gasteiger partial charge in [0.15, 0.2) is 0 Å². The summed E-state index contributed by atoms with van der Waals surface area (Å²) in [7, 11) is 0. The van der Waals surface area contributed by atoms with Gasteiger partial charge in [0.1, 0.15) is 16.6 Å². The number of thiazole rings is 1. The Hall–Kier alpha value is -2.71. The molecule has 0 amide bonds. The molecule has 2 heterocycles. The van der Waals surface area contributed by atoms with Gasteiger partial charge in [0.25, 0.3) is 0 Å². The minimum absolute atomic E-state index is 0.559. The Bertz CT molecular complexity index is 1010. The molecule has 0 bridgehead atoms. The van der Waals surface area contributed by atoms with Crippen molar-refractivity contribution in [2.75, 3.05) is 5.32 Å². The zero-order chi connectivity index (χ0) is 17.2. The van der Waals surface area contributed by atoms with Crippen LogP contribution in [0.25, 0.3) is 16.5 Å². The van der Waals surface area contributed by atoms with Crippen molar-refractivity contribution in [1.29, 1.82) is 5.26 Å². The van der Waals surface area contributed by atoms with Gasteiger partial charge in [-0.05, 0) is 44.2 Å². The largest absolute Gasteiger partial charge is 0.360 e. The third-order valence-electron chi connectivity index (χ3n) is 4.50. The van der Waals surface area contributed by atoms with Gasteiger partial charge in [-0.2, -0.15) is 5.26 Å². The molecular formula is C20H18N4S. The quantitative estimate of drug-likeness (QED) is 0.688. The van der Waals surface area contributed by atoms with E-state index in [0.717, 1.165) is 40.1 Å². The number of benzene rings is 1. The lowest BCUT2D eigenvalue weighted by Gasteiger charge is -2.20. The first kappa shape index (κ1) is 15.8. The lowest BCUT2D eigenvalue weighted by atomic mass is 9.92. The first-order valence-corrected chi connectivity index (χ1v) is 9.34. The number of hydrogen-bond donors (Lipinski definition) is 1. The molecule has 124 valence electrons. The third kappa shape index (κ3) is 3.01. The maximum absolute atomic E-state index is 9.51. The molecule has 1 N–H and O–H groups in total. The topological polar surface area (TPSA) is 61.6 Å². The molecule has 0 atom stereocenters. The number of fused-ring (bicyclic) bond motifs is 2. The lowest BCUT2D eigenvalue weighted by Crippen LogP contribution is -2.09. The van der Waals surface area contributed by atoms with Crippen molar-refractivity contribution in [1.82, 2.24) is 9.97 Å². The number of pyridine rings is 1. The second kappa shape index (κ2) is 6.66. The van der Waals surface area contributed by atoms with Crippen molar-refractivity contribution < 1.29 is 0 Å². The predicted octanol–water partition coefficient (Wildman–Crippen LogP) is 4.86. The van der Waals surface area contributed by atoms with Gasteiger partial charge in [0, 0.05) is 28.4 Å². The number of aromatic nitrogens is 2. The van der Waals surface area contributed by atoms with Crippen molar-refractivity contribution in [3.05, 3.63) is 57.8 Å². The molecule has 0 radical (unpaired) electrons. The fourth-order valence-corrected chi connectivity index (χ4v) is 4.06. The van der Waals surface area contributed by atoms with Gasteiger partial charge < -0.3 is 5.32 Å². The number of aryl methyl sites for hydroxylation is 2. The molecule has 2 aromatic heterocycles. The average molecular weight is 346 g/mol. The highest BCUT2D eigenvalue weighted by atomic mass is 32.1. The molecule has 1 aliphatic carbocycles. The maximum atomic E-state index is 9.51. The van der Waals surface area contributed by atoms with Crippen LogP contribution in [0.1, 0.15) is 34.8 Å². The van der Waals surface area contributed by atoms with E-state index in [1.54, 1.807) is 6.20 Å². The third-order valence-corrected chi connectivity index (χ3v) is 5.49. The minimum atomic E-state index is 0.559. The maximum Gasteiger partial charge on any atom is 0.135 e. The van der Waals surface area contributed by atoms with Crippen molar-refractivity contribution in [3.63, 3.8) is 0 Å². The minimum Gasteiger partial charge on any atom is -0.360 e. The van der Waals surface area contributed by atoms with Crippen molar-refractivity contribution in [3.8, 4) is 6.07 Å². The van der Waals surface area contributed by atoms with Gasteiger partial charge in [-0.15, -0.1) is 11.3 Å². The Morgan fingerprint density at radius 1 is 1.24 bits per heavy atom. The Balaban J connectivity index is 1.80. The molecule has 4 nitrogen and oxygen atoms in total. The summed E-state index contributed by atoms with van der Waals surface area (Å²) in [5.41, 5.74) is 6.05. The lowest BCUT2D eigenvalue weighted by molar-refractivity contribution is 0.672. The van der Waals surface area contributed by atoms with Crippen molar-refractivity contribution in [2.45, 2.75) is 32.6 Å². The van der Waals surface area contributed by atoms with Gasteiger partial charge >= 0.3 is 0 Å². The van der Waals surface area contributed by atoms with E-state index in [1.807, 2.05) is 24.4 Å². The molecule has 5 heteroatoms. The summed E-state index contributed by atoms with van der Waals surface area (Å²) in [5, 5.41) is 16.7. The van der Waals surface area contributed by atoms with Crippen LogP contribution >= 0.6 is 11.3 Å². The van der Waals surface area contributed by atoms with Crippen LogP contribution in [0.3, 0.4) is 0 Å². The number of nitrogens with one attached hydrogen (secondary N) is 1. The molecule has 4 rings (SSSR count). The number of para-hydroxylation sites is 1. The van der Waals surface area contributed by atoms with E-state index in [4.69, 9.17) is 4.98 Å². The number of anilines is 1. The molecule has 0 fully saturated rings. The average Bonchev–Trinajstić information content (AvgIpc) is 3.07. The smallest absolute Gasteiger partial charge is 0.135 e. The summed E-state index contributed by atoms with van der Waals surface area (Å²) in [5.74, 6) is 0. The second-order valence-corrected chi connectivity index (χ2v) is 7.10. The van der Waals surface area contributed by atoms with E-state index in [1.165, 1.54) is 35.4 Å². The molecule has 0 saturated carbocycles. The van der Waals surface area contributed by atoms with Crippen LogP contribution in [0.15, 0.2) is 35.8 Å². The van der Waals surface area contributed by atoms with Crippen LogP contribution < -0.4 is 5.32 Å². The van der Waals surface area contributed by atoms with Gasteiger partial charge in [0.05, 0.1) is 11.2 Å². The van der Waals surface area contributed by atoms with E-state index in [2.05, 4.69) is 28.5 Å². The summed E-state index contributed by atoms with van der Waals surface area (Å²) >= 11 is 1.50. The molecule has 0 spiro atoms. The molecule has 0 saturated heterocycles. The molecular weight excluding hydrogens is 328 g/mol. The van der Waals surface area contributed by atoms with Crippen LogP contribution in [-0.4, -0.2) is 9.97 Å². The molecule has 0 aliphatic heterocycles. The van der Waals surface area contributed by atoms with E-state index in [-0.39, 0.29) is 0 Å². The van der Waals surface area contributed by atoms with Crippen LogP contribution in [0, 0.1) is 18.3 Å². The predicted molar refractivity (Wildman–Crippen MR) is 102 cm³/mol. The van der Waals surface area contributed by atoms with E-state index >= 15 is 0 Å². The first-order chi connectivity index (χ1) is 12.3. The molecule has 0 unspecified atom stereocenters. The normalized spacial score (nSPS) is 14.2. The Morgan fingerprint density at radius 3 is 2.88 bits per heavy atom. The van der Waals surface area contributed by atoms with Gasteiger partial charge in [0.2, 0.25) is 0 Å².